The van der Waals surface area contributed by atoms with Gasteiger partial charge in [0.15, 0.2) is 5.78 Å². The molecule has 2 heterocycles. The standard InChI is InChI=1S/C20H20N2O5S/c1-20-12-22(28(25,26)16-10-6-5-9-15(16)27-2)11-17(20)21-19(24)14-8-4-3-7-13(14)18(20)23/h3-10,17H,11-12H2,1-2H3,(H,21,24)/t17-,20+/m1/s1. The molecule has 1 amide bonds. The van der Waals surface area contributed by atoms with E-state index < -0.39 is 21.5 Å². The number of carbonyl (C=O) groups is 2. The zero-order chi connectivity index (χ0) is 20.1. The Bertz CT molecular complexity index is 1080. The second kappa shape index (κ2) is 6.42. The number of fused-ring (bicyclic) bond motifs is 2. The number of ketones is 1. The second-order valence-corrected chi connectivity index (χ2v) is 9.17. The lowest BCUT2D eigenvalue weighted by molar-refractivity contribution is 0.0796. The molecule has 2 atom stereocenters. The molecular weight excluding hydrogens is 380 g/mol. The molecule has 146 valence electrons. The minimum absolute atomic E-state index is 0.0162. The Morgan fingerprint density at radius 3 is 2.43 bits per heavy atom. The van der Waals surface area contributed by atoms with Crippen molar-refractivity contribution in [1.82, 2.24) is 9.62 Å². The van der Waals surface area contributed by atoms with Gasteiger partial charge in [-0.2, -0.15) is 4.31 Å². The van der Waals surface area contributed by atoms with Crippen molar-refractivity contribution in [3.05, 3.63) is 59.7 Å². The number of nitrogens with zero attached hydrogens (tertiary/aromatic N) is 1. The molecule has 0 spiro atoms. The van der Waals surface area contributed by atoms with Crippen LogP contribution in [0.3, 0.4) is 0 Å². The average Bonchev–Trinajstić information content (AvgIpc) is 3.02. The summed E-state index contributed by atoms with van der Waals surface area (Å²) in [6, 6.07) is 12.4. The van der Waals surface area contributed by atoms with E-state index in [4.69, 9.17) is 4.74 Å². The van der Waals surface area contributed by atoms with Crippen LogP contribution in [0.2, 0.25) is 0 Å². The molecule has 28 heavy (non-hydrogen) atoms. The number of benzene rings is 2. The van der Waals surface area contributed by atoms with Crippen LogP contribution in [0.4, 0.5) is 0 Å². The lowest BCUT2D eigenvalue weighted by Gasteiger charge is -2.26. The van der Waals surface area contributed by atoms with Gasteiger partial charge in [-0.1, -0.05) is 30.3 Å². The van der Waals surface area contributed by atoms with Crippen molar-refractivity contribution < 1.29 is 22.7 Å². The van der Waals surface area contributed by atoms with Gasteiger partial charge in [-0.3, -0.25) is 9.59 Å². The summed E-state index contributed by atoms with van der Waals surface area (Å²) in [5.74, 6) is -0.362. The number of para-hydroxylation sites is 1. The number of rotatable bonds is 3. The predicted molar refractivity (Wildman–Crippen MR) is 102 cm³/mol. The molecular formula is C20H20N2O5S. The normalized spacial score (nSPS) is 24.9. The number of sulfonamides is 1. The molecule has 2 aromatic rings. The van der Waals surface area contributed by atoms with E-state index in [-0.39, 0.29) is 35.4 Å². The first-order chi connectivity index (χ1) is 13.3. The highest BCUT2D eigenvalue weighted by molar-refractivity contribution is 7.89. The average molecular weight is 400 g/mol. The predicted octanol–water partition coefficient (Wildman–Crippen LogP) is 1.70. The highest BCUT2D eigenvalue weighted by atomic mass is 32.2. The van der Waals surface area contributed by atoms with Gasteiger partial charge in [-0.15, -0.1) is 0 Å². The summed E-state index contributed by atoms with van der Waals surface area (Å²) in [7, 11) is -2.50. The van der Waals surface area contributed by atoms with Crippen molar-refractivity contribution in [2.45, 2.75) is 17.9 Å². The number of amides is 1. The Hall–Kier alpha value is -2.71. The number of ether oxygens (including phenoxy) is 1. The van der Waals surface area contributed by atoms with Crippen molar-refractivity contribution >= 4 is 21.7 Å². The van der Waals surface area contributed by atoms with E-state index in [0.717, 1.165) is 0 Å². The molecule has 0 aliphatic carbocycles. The van der Waals surface area contributed by atoms with Gasteiger partial charge in [0.05, 0.1) is 24.1 Å². The topological polar surface area (TPSA) is 92.8 Å². The van der Waals surface area contributed by atoms with Crippen molar-refractivity contribution in [3.63, 3.8) is 0 Å². The molecule has 0 bridgehead atoms. The van der Waals surface area contributed by atoms with Crippen LogP contribution in [0.5, 0.6) is 5.75 Å². The van der Waals surface area contributed by atoms with Crippen molar-refractivity contribution in [3.8, 4) is 5.75 Å². The minimum atomic E-state index is -3.90. The van der Waals surface area contributed by atoms with Gasteiger partial charge in [-0.05, 0) is 25.1 Å². The highest BCUT2D eigenvalue weighted by Gasteiger charge is 2.54. The lowest BCUT2D eigenvalue weighted by atomic mass is 9.78. The van der Waals surface area contributed by atoms with E-state index in [1.807, 2.05) is 0 Å². The van der Waals surface area contributed by atoms with E-state index in [2.05, 4.69) is 5.32 Å². The minimum Gasteiger partial charge on any atom is -0.495 e. The smallest absolute Gasteiger partial charge is 0.252 e. The van der Waals surface area contributed by atoms with E-state index in [1.165, 1.54) is 17.5 Å². The fraction of sp³-hybridized carbons (Fsp3) is 0.300. The fourth-order valence-corrected chi connectivity index (χ4v) is 5.68. The maximum Gasteiger partial charge on any atom is 0.252 e. The van der Waals surface area contributed by atoms with Gasteiger partial charge in [-0.25, -0.2) is 8.42 Å². The zero-order valence-corrected chi connectivity index (χ0v) is 16.3. The molecule has 0 aromatic heterocycles. The summed E-state index contributed by atoms with van der Waals surface area (Å²) in [6.45, 7) is 1.70. The number of carbonyl (C=O) groups excluding carboxylic acids is 2. The molecule has 1 fully saturated rings. The Morgan fingerprint density at radius 2 is 1.71 bits per heavy atom. The summed E-state index contributed by atoms with van der Waals surface area (Å²) in [4.78, 5) is 25.9. The number of hydrogen-bond acceptors (Lipinski definition) is 5. The molecule has 7 nitrogen and oxygen atoms in total. The van der Waals surface area contributed by atoms with E-state index >= 15 is 0 Å². The summed E-state index contributed by atoms with van der Waals surface area (Å²) in [6.07, 6.45) is 0. The monoisotopic (exact) mass is 400 g/mol. The van der Waals surface area contributed by atoms with Gasteiger partial charge in [0.2, 0.25) is 10.0 Å². The summed E-state index contributed by atoms with van der Waals surface area (Å²) in [5, 5.41) is 2.85. The van der Waals surface area contributed by atoms with Crippen LogP contribution in [0.1, 0.15) is 27.6 Å². The third-order valence-electron chi connectivity index (χ3n) is 5.59. The van der Waals surface area contributed by atoms with Crippen molar-refractivity contribution in [2.24, 2.45) is 5.41 Å². The van der Waals surface area contributed by atoms with Crippen LogP contribution in [0, 0.1) is 5.41 Å². The van der Waals surface area contributed by atoms with E-state index in [1.54, 1.807) is 49.4 Å². The second-order valence-electron chi connectivity index (χ2n) is 7.27. The Labute approximate surface area is 163 Å². The summed E-state index contributed by atoms with van der Waals surface area (Å²) >= 11 is 0. The quantitative estimate of drug-likeness (QED) is 0.847. The molecule has 2 aromatic carbocycles. The maximum absolute atomic E-state index is 13.3. The van der Waals surface area contributed by atoms with Gasteiger partial charge < -0.3 is 10.1 Å². The van der Waals surface area contributed by atoms with Gasteiger partial charge in [0, 0.05) is 18.7 Å². The van der Waals surface area contributed by atoms with Crippen LogP contribution in [-0.2, 0) is 10.0 Å². The highest BCUT2D eigenvalue weighted by Crippen LogP contribution is 2.40. The molecule has 4 rings (SSSR count). The summed E-state index contributed by atoms with van der Waals surface area (Å²) in [5.41, 5.74) is -0.416. The first-order valence-corrected chi connectivity index (χ1v) is 10.3. The van der Waals surface area contributed by atoms with Crippen molar-refractivity contribution in [2.75, 3.05) is 20.2 Å². The molecule has 8 heteroatoms. The number of methoxy groups -OCH3 is 1. The van der Waals surface area contributed by atoms with Gasteiger partial charge in [0.1, 0.15) is 10.6 Å². The van der Waals surface area contributed by atoms with Crippen LogP contribution in [-0.4, -0.2) is 50.7 Å². The molecule has 1 saturated heterocycles. The lowest BCUT2D eigenvalue weighted by Crippen LogP contribution is -2.47. The molecule has 0 unspecified atom stereocenters. The Balaban J connectivity index is 1.75. The fourth-order valence-electron chi connectivity index (χ4n) is 3.96. The Morgan fingerprint density at radius 1 is 1.07 bits per heavy atom. The van der Waals surface area contributed by atoms with Gasteiger partial charge >= 0.3 is 0 Å². The molecule has 2 aliphatic rings. The van der Waals surface area contributed by atoms with Crippen LogP contribution in [0.25, 0.3) is 0 Å². The zero-order valence-electron chi connectivity index (χ0n) is 15.5. The largest absolute Gasteiger partial charge is 0.495 e. The maximum atomic E-state index is 13.3. The first-order valence-electron chi connectivity index (χ1n) is 8.87. The molecule has 1 N–H and O–H groups in total. The van der Waals surface area contributed by atoms with Crippen LogP contribution < -0.4 is 10.1 Å². The SMILES string of the molecule is COc1ccccc1S(=O)(=O)N1C[C@H]2NC(=O)c3ccccc3C(=O)[C@@]2(C)C1. The van der Waals surface area contributed by atoms with Crippen LogP contribution >= 0.6 is 0 Å². The van der Waals surface area contributed by atoms with Crippen molar-refractivity contribution in [1.29, 1.82) is 0 Å². The first kappa shape index (κ1) is 18.6. The number of hydrogen-bond donors (Lipinski definition) is 1. The molecule has 2 aliphatic heterocycles. The molecule has 0 saturated carbocycles. The van der Waals surface area contributed by atoms with Crippen LogP contribution in [0.15, 0.2) is 53.4 Å². The molecule has 0 radical (unpaired) electrons. The summed E-state index contributed by atoms with van der Waals surface area (Å²) < 4.78 is 32.9. The number of Topliss-reactive ketones (excluding diaryl/α,β-unsaturated/α-hetero) is 1. The Kier molecular flexibility index (Phi) is 4.28. The third-order valence-corrected chi connectivity index (χ3v) is 7.44. The van der Waals surface area contributed by atoms with E-state index in [0.29, 0.717) is 11.1 Å². The number of nitrogens with one attached hydrogen (secondary N) is 1. The third kappa shape index (κ3) is 2.63. The van der Waals surface area contributed by atoms with Gasteiger partial charge in [0.25, 0.3) is 5.91 Å². The van der Waals surface area contributed by atoms with E-state index in [9.17, 15) is 18.0 Å².